The Bertz CT molecular complexity index is 916. The number of rotatable bonds is 11. The minimum absolute atomic E-state index is 0.0904. The number of ether oxygens (including phenoxy) is 2. The second-order valence-electron chi connectivity index (χ2n) is 9.52. The van der Waals surface area contributed by atoms with Gasteiger partial charge in [0.1, 0.15) is 17.6 Å². The van der Waals surface area contributed by atoms with Crippen molar-refractivity contribution in [2.45, 2.75) is 51.0 Å². The molecule has 0 bridgehead atoms. The fraction of sp³-hybridized carbons (Fsp3) is 0.500. The normalized spacial score (nSPS) is 17.7. The second-order valence-corrected chi connectivity index (χ2v) is 11.8. The summed E-state index contributed by atoms with van der Waals surface area (Å²) in [4.78, 5) is 13.7. The number of carbonyl (C=O) groups excluding carboxylic acids is 1. The number of benzene rings is 2. The third-order valence-electron chi connectivity index (χ3n) is 5.78. The number of nitrogens with zero attached hydrogens (tertiary/aromatic N) is 1. The molecule has 1 aliphatic rings. The summed E-state index contributed by atoms with van der Waals surface area (Å²) >= 11 is 4.59. The Morgan fingerprint density at radius 3 is 2.41 bits per heavy atom. The number of unbranched alkanes of at least 4 members (excludes halogenated alkanes) is 2. The largest absolute Gasteiger partial charge is 0.491 e. The van der Waals surface area contributed by atoms with Crippen molar-refractivity contribution in [2.24, 2.45) is 0 Å². The van der Waals surface area contributed by atoms with E-state index in [1.165, 1.54) is 0 Å². The van der Waals surface area contributed by atoms with E-state index in [0.717, 1.165) is 72.9 Å². The first kappa shape index (κ1) is 25.7. The lowest BCUT2D eigenvalue weighted by atomic mass is 9.86. The van der Waals surface area contributed by atoms with E-state index >= 15 is 0 Å². The highest BCUT2D eigenvalue weighted by Gasteiger charge is 2.39. The Kier molecular flexibility index (Phi) is 9.26. The summed E-state index contributed by atoms with van der Waals surface area (Å²) in [5.41, 5.74) is 1.75. The molecular weight excluding hydrogens is 628 g/mol. The maximum absolute atomic E-state index is 13.7. The van der Waals surface area contributed by atoms with E-state index in [-0.39, 0.29) is 17.8 Å². The van der Waals surface area contributed by atoms with E-state index < -0.39 is 0 Å². The smallest absolute Gasteiger partial charge is 0.174 e. The molecule has 2 atom stereocenters. The predicted molar refractivity (Wildman–Crippen MR) is 147 cm³/mol. The van der Waals surface area contributed by atoms with Crippen molar-refractivity contribution in [3.63, 3.8) is 0 Å². The SMILES string of the molecule is CCCCC1Oc2ccccc2C1C(=O)c1cc(I)c(OCCCC[N+](C)(C)C)c(I)c1. The first-order chi connectivity index (χ1) is 15.2. The second kappa shape index (κ2) is 11.5. The summed E-state index contributed by atoms with van der Waals surface area (Å²) in [6.07, 6.45) is 5.11. The van der Waals surface area contributed by atoms with Gasteiger partial charge < -0.3 is 14.0 Å². The van der Waals surface area contributed by atoms with E-state index in [9.17, 15) is 4.79 Å². The first-order valence-corrected chi connectivity index (χ1v) is 13.6. The maximum atomic E-state index is 13.7. The molecule has 0 fully saturated rings. The van der Waals surface area contributed by atoms with E-state index in [1.54, 1.807) is 0 Å². The molecule has 4 nitrogen and oxygen atoms in total. The van der Waals surface area contributed by atoms with Gasteiger partial charge in [0.15, 0.2) is 5.78 Å². The fourth-order valence-corrected chi connectivity index (χ4v) is 6.18. The van der Waals surface area contributed by atoms with Crippen molar-refractivity contribution in [3.8, 4) is 11.5 Å². The topological polar surface area (TPSA) is 35.5 Å². The van der Waals surface area contributed by atoms with Gasteiger partial charge in [0.05, 0.1) is 47.4 Å². The summed E-state index contributed by atoms with van der Waals surface area (Å²) in [7, 11) is 6.63. The lowest BCUT2D eigenvalue weighted by Gasteiger charge is -2.23. The number of Topliss-reactive ketones (excluding diaryl/α,β-unsaturated/α-hetero) is 1. The quantitative estimate of drug-likeness (QED) is 0.117. The average Bonchev–Trinajstić information content (AvgIpc) is 3.10. The summed E-state index contributed by atoms with van der Waals surface area (Å²) in [6.45, 7) is 4.00. The van der Waals surface area contributed by atoms with Gasteiger partial charge >= 0.3 is 0 Å². The minimum atomic E-state index is -0.244. The van der Waals surface area contributed by atoms with Gasteiger partial charge in [-0.1, -0.05) is 38.0 Å². The van der Waals surface area contributed by atoms with Crippen LogP contribution in [0.3, 0.4) is 0 Å². The van der Waals surface area contributed by atoms with Gasteiger partial charge in [0, 0.05) is 11.1 Å². The van der Waals surface area contributed by atoms with E-state index in [2.05, 4.69) is 73.2 Å². The zero-order valence-corrected chi connectivity index (χ0v) is 23.8. The molecule has 6 heteroatoms. The molecule has 2 aromatic rings. The molecule has 2 unspecified atom stereocenters. The molecule has 0 saturated heterocycles. The number of hydrogen-bond acceptors (Lipinski definition) is 3. The molecule has 1 aliphatic heterocycles. The molecule has 0 aliphatic carbocycles. The van der Waals surface area contributed by atoms with Crippen molar-refractivity contribution in [3.05, 3.63) is 54.7 Å². The molecule has 0 aromatic heterocycles. The van der Waals surface area contributed by atoms with Gasteiger partial charge in [-0.15, -0.1) is 0 Å². The van der Waals surface area contributed by atoms with Crippen molar-refractivity contribution >= 4 is 51.0 Å². The molecule has 2 aromatic carbocycles. The number of para-hydroxylation sites is 1. The van der Waals surface area contributed by atoms with Crippen molar-refractivity contribution in [1.29, 1.82) is 0 Å². The van der Waals surface area contributed by atoms with E-state index in [4.69, 9.17) is 9.47 Å². The van der Waals surface area contributed by atoms with Crippen LogP contribution in [-0.4, -0.2) is 50.7 Å². The molecular formula is C26H34I2NO3+. The highest BCUT2D eigenvalue weighted by atomic mass is 127. The molecule has 1 heterocycles. The molecule has 0 amide bonds. The number of quaternary nitrogens is 1. The lowest BCUT2D eigenvalue weighted by Crippen LogP contribution is -2.35. The molecule has 32 heavy (non-hydrogen) atoms. The maximum Gasteiger partial charge on any atom is 0.174 e. The zero-order chi connectivity index (χ0) is 23.3. The van der Waals surface area contributed by atoms with Gasteiger partial charge in [-0.05, 0) is 82.6 Å². The van der Waals surface area contributed by atoms with Gasteiger partial charge in [0.25, 0.3) is 0 Å². The average molecular weight is 662 g/mol. The highest BCUT2D eigenvalue weighted by molar-refractivity contribution is 14.1. The van der Waals surface area contributed by atoms with E-state index in [0.29, 0.717) is 6.61 Å². The molecule has 0 spiro atoms. The van der Waals surface area contributed by atoms with Gasteiger partial charge in [-0.2, -0.15) is 0 Å². The Balaban J connectivity index is 1.74. The van der Waals surface area contributed by atoms with Crippen LogP contribution in [0.5, 0.6) is 11.5 Å². The minimum Gasteiger partial charge on any atom is -0.491 e. The van der Waals surface area contributed by atoms with Crippen LogP contribution in [0.25, 0.3) is 0 Å². The Morgan fingerprint density at radius 2 is 1.75 bits per heavy atom. The van der Waals surface area contributed by atoms with Crippen molar-refractivity contribution in [2.75, 3.05) is 34.3 Å². The summed E-state index contributed by atoms with van der Waals surface area (Å²) < 4.78 is 15.3. The lowest BCUT2D eigenvalue weighted by molar-refractivity contribution is -0.870. The first-order valence-electron chi connectivity index (χ1n) is 11.4. The third kappa shape index (κ3) is 6.59. The number of halogens is 2. The van der Waals surface area contributed by atoms with Crippen LogP contribution in [0.2, 0.25) is 0 Å². The third-order valence-corrected chi connectivity index (χ3v) is 7.38. The molecule has 3 rings (SSSR count). The van der Waals surface area contributed by atoms with E-state index in [1.807, 2.05) is 36.4 Å². The molecule has 0 N–H and O–H groups in total. The van der Waals surface area contributed by atoms with Gasteiger partial charge in [-0.3, -0.25) is 4.79 Å². The monoisotopic (exact) mass is 662 g/mol. The van der Waals surface area contributed by atoms with Crippen LogP contribution in [-0.2, 0) is 0 Å². The van der Waals surface area contributed by atoms with Gasteiger partial charge in [-0.25, -0.2) is 0 Å². The summed E-state index contributed by atoms with van der Waals surface area (Å²) in [5.74, 6) is 1.64. The predicted octanol–water partition coefficient (Wildman–Crippen LogP) is 6.68. The van der Waals surface area contributed by atoms with Crippen molar-refractivity contribution < 1.29 is 18.8 Å². The fourth-order valence-electron chi connectivity index (χ4n) is 4.10. The molecule has 0 saturated carbocycles. The number of fused-ring (bicyclic) bond motifs is 1. The number of hydrogen-bond donors (Lipinski definition) is 0. The van der Waals surface area contributed by atoms with Gasteiger partial charge in [0.2, 0.25) is 0 Å². The van der Waals surface area contributed by atoms with Crippen LogP contribution in [0.1, 0.15) is 60.9 Å². The van der Waals surface area contributed by atoms with Crippen molar-refractivity contribution in [1.82, 2.24) is 0 Å². The number of carbonyl (C=O) groups is 1. The Labute approximate surface area is 219 Å². The molecule has 174 valence electrons. The van der Waals surface area contributed by atoms with Crippen LogP contribution >= 0.6 is 45.2 Å². The Morgan fingerprint density at radius 1 is 1.06 bits per heavy atom. The molecule has 0 radical (unpaired) electrons. The zero-order valence-electron chi connectivity index (χ0n) is 19.5. The highest BCUT2D eigenvalue weighted by Crippen LogP contribution is 2.42. The van der Waals surface area contributed by atoms with Crippen LogP contribution in [0.4, 0.5) is 0 Å². The van der Waals surface area contributed by atoms with Crippen LogP contribution < -0.4 is 9.47 Å². The van der Waals surface area contributed by atoms with Crippen LogP contribution in [0.15, 0.2) is 36.4 Å². The standard InChI is InChI=1S/C26H34I2NO3/c1-5-6-12-23-24(19-11-7-8-13-22(19)32-23)25(30)18-16-20(27)26(21(28)17-18)31-15-10-9-14-29(2,3)4/h7-8,11,13,16-17,23-24H,5-6,9-10,12,14-15H2,1-4H3/q+1. The summed E-state index contributed by atoms with van der Waals surface area (Å²) in [5, 5.41) is 0. The van der Waals surface area contributed by atoms with Crippen LogP contribution in [0, 0.1) is 7.14 Å². The number of ketones is 1. The Hall–Kier alpha value is -0.870. The summed E-state index contributed by atoms with van der Waals surface area (Å²) in [6, 6.07) is 11.9.